The fourth-order valence-corrected chi connectivity index (χ4v) is 3.86. The summed E-state index contributed by atoms with van der Waals surface area (Å²) in [5.74, 6) is -0.477. The molecule has 2 heterocycles. The molecule has 2 atom stereocenters. The summed E-state index contributed by atoms with van der Waals surface area (Å²) in [6, 6.07) is 11.9. The first-order valence-electron chi connectivity index (χ1n) is 9.73. The summed E-state index contributed by atoms with van der Waals surface area (Å²) in [5.41, 5.74) is 2.49. The molecule has 0 spiro atoms. The van der Waals surface area contributed by atoms with Gasteiger partial charge in [-0.2, -0.15) is 18.3 Å². The van der Waals surface area contributed by atoms with Crippen molar-refractivity contribution >= 4 is 23.3 Å². The van der Waals surface area contributed by atoms with E-state index in [1.165, 1.54) is 6.20 Å². The molecule has 1 amide bonds. The first-order valence-corrected chi connectivity index (χ1v) is 10.1. The van der Waals surface area contributed by atoms with Crippen LogP contribution in [-0.4, -0.2) is 21.9 Å². The maximum absolute atomic E-state index is 13.8. The number of benzene rings is 2. The summed E-state index contributed by atoms with van der Waals surface area (Å²) in [4.78, 5) is 12.8. The van der Waals surface area contributed by atoms with Gasteiger partial charge in [0.2, 0.25) is 0 Å². The van der Waals surface area contributed by atoms with E-state index in [0.717, 1.165) is 15.8 Å². The number of hydrogen-bond acceptors (Lipinski definition) is 3. The summed E-state index contributed by atoms with van der Waals surface area (Å²) in [6.07, 6.45) is -3.56. The van der Waals surface area contributed by atoms with Gasteiger partial charge in [0.25, 0.3) is 5.91 Å². The molecule has 4 rings (SSSR count). The van der Waals surface area contributed by atoms with Crippen LogP contribution in [0.4, 0.5) is 19.0 Å². The molecular formula is C22H20ClF3N4O. The zero-order chi connectivity index (χ0) is 22.2. The van der Waals surface area contributed by atoms with E-state index < -0.39 is 24.2 Å². The van der Waals surface area contributed by atoms with Crippen LogP contribution in [0.15, 0.2) is 54.7 Å². The van der Waals surface area contributed by atoms with Gasteiger partial charge in [-0.3, -0.25) is 4.79 Å². The molecule has 5 nitrogen and oxygen atoms in total. The molecule has 3 aromatic rings. The van der Waals surface area contributed by atoms with Crippen molar-refractivity contribution in [3.8, 4) is 0 Å². The highest BCUT2D eigenvalue weighted by atomic mass is 35.5. The highest BCUT2D eigenvalue weighted by Gasteiger charge is 2.47. The van der Waals surface area contributed by atoms with Crippen LogP contribution >= 0.6 is 11.6 Å². The third-order valence-corrected chi connectivity index (χ3v) is 5.73. The maximum atomic E-state index is 13.8. The molecule has 0 bridgehead atoms. The molecule has 0 aliphatic carbocycles. The van der Waals surface area contributed by atoms with E-state index in [4.69, 9.17) is 11.6 Å². The van der Waals surface area contributed by atoms with Crippen LogP contribution in [0, 0.1) is 6.92 Å². The lowest BCUT2D eigenvalue weighted by atomic mass is 9.96. The third-order valence-electron chi connectivity index (χ3n) is 5.36. The predicted octanol–water partition coefficient (Wildman–Crippen LogP) is 5.44. The van der Waals surface area contributed by atoms with E-state index in [1.807, 2.05) is 19.1 Å². The molecule has 0 saturated carbocycles. The Kier molecular flexibility index (Phi) is 5.66. The maximum Gasteiger partial charge on any atom is 0.410 e. The number of carbonyl (C=O) groups excluding carboxylic acids is 1. The molecule has 0 radical (unpaired) electrons. The van der Waals surface area contributed by atoms with E-state index in [9.17, 15) is 18.0 Å². The van der Waals surface area contributed by atoms with E-state index in [1.54, 1.807) is 36.4 Å². The standard InChI is InChI=1S/C22H20ClF3N4O/c1-13-6-8-14(9-7-13)18-10-19(22(24,25)26)30-20(29-18)16(12-28-30)21(31)27-11-15-4-2-3-5-17(15)23/h2-9,12,18-19,29H,10-11H2,1H3,(H,27,31)/t18-,19-/m1/s1. The fourth-order valence-electron chi connectivity index (χ4n) is 3.66. The van der Waals surface area contributed by atoms with Crippen LogP contribution in [-0.2, 0) is 6.54 Å². The number of aromatic nitrogens is 2. The summed E-state index contributed by atoms with van der Waals surface area (Å²) >= 11 is 6.11. The average molecular weight is 449 g/mol. The molecule has 1 aromatic heterocycles. The van der Waals surface area contributed by atoms with E-state index in [2.05, 4.69) is 15.7 Å². The zero-order valence-electron chi connectivity index (χ0n) is 16.6. The second-order valence-corrected chi connectivity index (χ2v) is 7.93. The highest BCUT2D eigenvalue weighted by molar-refractivity contribution is 6.31. The Bertz CT molecular complexity index is 1090. The van der Waals surface area contributed by atoms with Gasteiger partial charge in [-0.25, -0.2) is 4.68 Å². The van der Waals surface area contributed by atoms with Crippen molar-refractivity contribution < 1.29 is 18.0 Å². The number of aryl methyl sites for hydroxylation is 1. The summed E-state index contributed by atoms with van der Waals surface area (Å²) in [6.45, 7) is 2.06. The normalized spacial score (nSPS) is 18.2. The first kappa shape index (κ1) is 21.2. The summed E-state index contributed by atoms with van der Waals surface area (Å²) in [5, 5.41) is 10.2. The lowest BCUT2D eigenvalue weighted by molar-refractivity contribution is -0.173. The van der Waals surface area contributed by atoms with Gasteiger partial charge in [0.1, 0.15) is 11.4 Å². The minimum atomic E-state index is -4.50. The van der Waals surface area contributed by atoms with Gasteiger partial charge in [0.15, 0.2) is 6.04 Å². The minimum Gasteiger partial charge on any atom is -0.363 e. The molecule has 0 fully saturated rings. The number of carbonyl (C=O) groups is 1. The molecule has 9 heteroatoms. The van der Waals surface area contributed by atoms with E-state index >= 15 is 0 Å². The molecule has 0 unspecified atom stereocenters. The fraction of sp³-hybridized carbons (Fsp3) is 0.273. The smallest absolute Gasteiger partial charge is 0.363 e. The topological polar surface area (TPSA) is 59.0 Å². The molecule has 31 heavy (non-hydrogen) atoms. The molecule has 1 aliphatic rings. The number of anilines is 1. The van der Waals surface area contributed by atoms with Crippen LogP contribution in [0.3, 0.4) is 0 Å². The Hall–Kier alpha value is -3.00. The summed E-state index contributed by atoms with van der Waals surface area (Å²) < 4.78 is 42.2. The van der Waals surface area contributed by atoms with E-state index in [-0.39, 0.29) is 24.3 Å². The number of rotatable bonds is 4. The Labute approximate surface area is 182 Å². The number of halogens is 4. The number of amides is 1. The van der Waals surface area contributed by atoms with Crippen LogP contribution in [0.25, 0.3) is 0 Å². The molecule has 0 saturated heterocycles. The molecule has 1 aliphatic heterocycles. The van der Waals surface area contributed by atoms with Crippen molar-refractivity contribution in [3.05, 3.63) is 82.0 Å². The van der Waals surface area contributed by atoms with Crippen LogP contribution in [0.1, 0.15) is 45.6 Å². The SMILES string of the molecule is Cc1ccc([C@H]2C[C@H](C(F)(F)F)n3ncc(C(=O)NCc4ccccc4Cl)c3N2)cc1. The Morgan fingerprint density at radius 1 is 1.23 bits per heavy atom. The van der Waals surface area contributed by atoms with Gasteiger partial charge >= 0.3 is 6.18 Å². The highest BCUT2D eigenvalue weighted by Crippen LogP contribution is 2.44. The number of hydrogen-bond donors (Lipinski definition) is 2. The number of alkyl halides is 3. The van der Waals surface area contributed by atoms with Crippen LogP contribution in [0.2, 0.25) is 5.02 Å². The minimum absolute atomic E-state index is 0.0517. The number of fused-ring (bicyclic) bond motifs is 1. The molecular weight excluding hydrogens is 429 g/mol. The van der Waals surface area contributed by atoms with Gasteiger partial charge in [-0.1, -0.05) is 59.6 Å². The Balaban J connectivity index is 1.62. The molecule has 2 N–H and O–H groups in total. The van der Waals surface area contributed by atoms with Gasteiger partial charge in [0, 0.05) is 18.0 Å². The number of nitrogens with zero attached hydrogens (tertiary/aromatic N) is 2. The Morgan fingerprint density at radius 3 is 2.61 bits per heavy atom. The van der Waals surface area contributed by atoms with Crippen molar-refractivity contribution in [2.45, 2.75) is 38.1 Å². The lowest BCUT2D eigenvalue weighted by Crippen LogP contribution is -2.36. The van der Waals surface area contributed by atoms with Gasteiger partial charge < -0.3 is 10.6 Å². The van der Waals surface area contributed by atoms with Gasteiger partial charge in [-0.15, -0.1) is 0 Å². The predicted molar refractivity (Wildman–Crippen MR) is 112 cm³/mol. The third kappa shape index (κ3) is 4.39. The van der Waals surface area contributed by atoms with E-state index in [0.29, 0.717) is 10.6 Å². The van der Waals surface area contributed by atoms with Crippen LogP contribution < -0.4 is 10.6 Å². The molecule has 162 valence electrons. The number of nitrogens with one attached hydrogen (secondary N) is 2. The monoisotopic (exact) mass is 448 g/mol. The zero-order valence-corrected chi connectivity index (χ0v) is 17.3. The second-order valence-electron chi connectivity index (χ2n) is 7.53. The van der Waals surface area contributed by atoms with Crippen molar-refractivity contribution in [2.24, 2.45) is 0 Å². The van der Waals surface area contributed by atoms with Crippen molar-refractivity contribution in [2.75, 3.05) is 5.32 Å². The van der Waals surface area contributed by atoms with Crippen molar-refractivity contribution in [1.29, 1.82) is 0 Å². The molecule has 2 aromatic carbocycles. The lowest BCUT2D eigenvalue weighted by Gasteiger charge is -2.34. The summed E-state index contributed by atoms with van der Waals surface area (Å²) in [7, 11) is 0. The largest absolute Gasteiger partial charge is 0.410 e. The quantitative estimate of drug-likeness (QED) is 0.559. The average Bonchev–Trinajstić information content (AvgIpc) is 3.16. The second kappa shape index (κ2) is 8.26. The van der Waals surface area contributed by atoms with Gasteiger partial charge in [0.05, 0.1) is 12.2 Å². The van der Waals surface area contributed by atoms with Gasteiger partial charge in [-0.05, 0) is 24.1 Å². The van der Waals surface area contributed by atoms with Crippen molar-refractivity contribution in [1.82, 2.24) is 15.1 Å². The van der Waals surface area contributed by atoms with Crippen LogP contribution in [0.5, 0.6) is 0 Å². The van der Waals surface area contributed by atoms with Crippen molar-refractivity contribution in [3.63, 3.8) is 0 Å². The first-order chi connectivity index (χ1) is 14.7. The Morgan fingerprint density at radius 2 is 1.94 bits per heavy atom.